The molecule has 0 spiro atoms. The summed E-state index contributed by atoms with van der Waals surface area (Å²) in [4.78, 5) is 3.45. The highest BCUT2D eigenvalue weighted by molar-refractivity contribution is 6.34. The number of benzene rings is 1. The monoisotopic (exact) mass is 327 g/mol. The molecular formula is C10H6Cl3F2N3O. The van der Waals surface area contributed by atoms with E-state index in [9.17, 15) is 8.78 Å². The van der Waals surface area contributed by atoms with E-state index in [0.717, 1.165) is 0 Å². The Hall–Kier alpha value is -0.950. The predicted molar refractivity (Wildman–Crippen MR) is 66.5 cm³/mol. The van der Waals surface area contributed by atoms with E-state index >= 15 is 0 Å². The van der Waals surface area contributed by atoms with Gasteiger partial charge >= 0.3 is 11.3 Å². The van der Waals surface area contributed by atoms with Gasteiger partial charge in [0.15, 0.2) is 5.82 Å². The molecule has 1 aromatic heterocycles. The highest BCUT2D eigenvalue weighted by atomic mass is 35.5. The summed E-state index contributed by atoms with van der Waals surface area (Å²) in [5.74, 6) is -1.17. The van der Waals surface area contributed by atoms with E-state index in [4.69, 9.17) is 40.5 Å². The molecule has 9 heteroatoms. The SMILES string of the molecule is NC(c1cc(Cl)cc(Cl)c1)c1noc(C(F)(F)Cl)n1. The molecule has 0 aliphatic carbocycles. The van der Waals surface area contributed by atoms with Crippen LogP contribution in [0.5, 0.6) is 0 Å². The van der Waals surface area contributed by atoms with Crippen molar-refractivity contribution < 1.29 is 13.3 Å². The van der Waals surface area contributed by atoms with Crippen LogP contribution in [0.15, 0.2) is 22.7 Å². The second-order valence-corrected chi connectivity index (χ2v) is 4.98. The molecule has 0 fully saturated rings. The number of rotatable bonds is 3. The van der Waals surface area contributed by atoms with Crippen LogP contribution in [0.3, 0.4) is 0 Å². The zero-order chi connectivity index (χ0) is 14.2. The van der Waals surface area contributed by atoms with E-state index < -0.39 is 17.3 Å². The minimum atomic E-state index is -3.74. The fourth-order valence-electron chi connectivity index (χ4n) is 1.38. The van der Waals surface area contributed by atoms with Gasteiger partial charge in [0.25, 0.3) is 0 Å². The minimum Gasteiger partial charge on any atom is -0.331 e. The van der Waals surface area contributed by atoms with Crippen molar-refractivity contribution in [3.05, 3.63) is 45.5 Å². The third-order valence-electron chi connectivity index (χ3n) is 2.21. The molecule has 1 heterocycles. The second kappa shape index (κ2) is 5.20. The zero-order valence-electron chi connectivity index (χ0n) is 9.08. The van der Waals surface area contributed by atoms with Gasteiger partial charge in [-0.05, 0) is 35.4 Å². The summed E-state index contributed by atoms with van der Waals surface area (Å²) in [6.07, 6.45) is 0. The lowest BCUT2D eigenvalue weighted by Gasteiger charge is -2.08. The smallest absolute Gasteiger partial charge is 0.331 e. The fraction of sp³-hybridized carbons (Fsp3) is 0.200. The molecule has 1 unspecified atom stereocenters. The summed E-state index contributed by atoms with van der Waals surface area (Å²) in [7, 11) is 0. The molecule has 0 saturated carbocycles. The average molecular weight is 329 g/mol. The van der Waals surface area contributed by atoms with Crippen molar-refractivity contribution in [2.24, 2.45) is 5.73 Å². The standard InChI is InChI=1S/C10H6Cl3F2N3O/c11-5-1-4(2-6(12)3-5)7(16)8-17-9(19-18-8)10(13,14)15/h1-3,7H,16H2. The van der Waals surface area contributed by atoms with Crippen molar-refractivity contribution in [2.45, 2.75) is 11.4 Å². The Morgan fingerprint density at radius 1 is 1.21 bits per heavy atom. The predicted octanol–water partition coefficient (Wildman–Crippen LogP) is 3.71. The lowest BCUT2D eigenvalue weighted by atomic mass is 10.1. The molecule has 1 atom stereocenters. The van der Waals surface area contributed by atoms with Crippen LogP contribution in [0.25, 0.3) is 0 Å². The van der Waals surface area contributed by atoms with Crippen molar-refractivity contribution in [2.75, 3.05) is 0 Å². The van der Waals surface area contributed by atoms with Crippen molar-refractivity contribution in [1.29, 1.82) is 0 Å². The van der Waals surface area contributed by atoms with Gasteiger partial charge in [0.2, 0.25) is 0 Å². The Bertz CT molecular complexity index is 580. The molecule has 0 aliphatic heterocycles. The quantitative estimate of drug-likeness (QED) is 0.872. The molecule has 0 bridgehead atoms. The summed E-state index contributed by atoms with van der Waals surface area (Å²) >= 11 is 16.4. The number of nitrogens with zero attached hydrogens (tertiary/aromatic N) is 2. The topological polar surface area (TPSA) is 64.9 Å². The first-order chi connectivity index (χ1) is 8.77. The van der Waals surface area contributed by atoms with Gasteiger partial charge < -0.3 is 10.3 Å². The first kappa shape index (κ1) is 14.5. The third kappa shape index (κ3) is 3.33. The molecular weight excluding hydrogens is 322 g/mol. The molecule has 2 N–H and O–H groups in total. The highest BCUT2D eigenvalue weighted by Crippen LogP contribution is 2.32. The van der Waals surface area contributed by atoms with Gasteiger partial charge in [-0.1, -0.05) is 28.4 Å². The van der Waals surface area contributed by atoms with Gasteiger partial charge in [0.05, 0.1) is 6.04 Å². The van der Waals surface area contributed by atoms with Gasteiger partial charge in [0.1, 0.15) is 0 Å². The van der Waals surface area contributed by atoms with E-state index in [1.54, 1.807) is 0 Å². The van der Waals surface area contributed by atoms with Crippen LogP contribution in [0, 0.1) is 0 Å². The lowest BCUT2D eigenvalue weighted by molar-refractivity contribution is 0.0550. The number of aromatic nitrogens is 2. The van der Waals surface area contributed by atoms with Crippen molar-refractivity contribution in [3.63, 3.8) is 0 Å². The zero-order valence-corrected chi connectivity index (χ0v) is 11.3. The van der Waals surface area contributed by atoms with Crippen molar-refractivity contribution >= 4 is 34.8 Å². The minimum absolute atomic E-state index is 0.145. The molecule has 0 saturated heterocycles. The van der Waals surface area contributed by atoms with Crippen LogP contribution in [0.1, 0.15) is 23.3 Å². The van der Waals surface area contributed by atoms with E-state index in [1.165, 1.54) is 18.2 Å². The Balaban J connectivity index is 2.33. The normalized spacial score (nSPS) is 13.6. The molecule has 2 aromatic rings. The van der Waals surface area contributed by atoms with Crippen molar-refractivity contribution in [3.8, 4) is 0 Å². The Morgan fingerprint density at radius 2 is 1.79 bits per heavy atom. The molecule has 0 radical (unpaired) electrons. The van der Waals surface area contributed by atoms with Crippen LogP contribution in [0.4, 0.5) is 8.78 Å². The molecule has 1 aromatic carbocycles. The van der Waals surface area contributed by atoms with Gasteiger partial charge in [0, 0.05) is 10.0 Å². The average Bonchev–Trinajstić information content (AvgIpc) is 2.75. The summed E-state index contributed by atoms with van der Waals surface area (Å²) < 4.78 is 29.8. The summed E-state index contributed by atoms with van der Waals surface area (Å²) in [5.41, 5.74) is 6.28. The van der Waals surface area contributed by atoms with Gasteiger partial charge in [-0.3, -0.25) is 0 Å². The molecule has 0 aliphatic rings. The Morgan fingerprint density at radius 3 is 2.26 bits per heavy atom. The number of halogens is 5. The van der Waals surface area contributed by atoms with Crippen LogP contribution in [-0.4, -0.2) is 10.1 Å². The highest BCUT2D eigenvalue weighted by Gasteiger charge is 2.36. The number of alkyl halides is 3. The van der Waals surface area contributed by atoms with Crippen LogP contribution >= 0.6 is 34.8 Å². The molecule has 102 valence electrons. The molecule has 4 nitrogen and oxygen atoms in total. The maximum atomic E-state index is 12.7. The van der Waals surface area contributed by atoms with Crippen LogP contribution < -0.4 is 5.73 Å². The second-order valence-electron chi connectivity index (χ2n) is 3.64. The lowest BCUT2D eigenvalue weighted by Crippen LogP contribution is -2.14. The summed E-state index contributed by atoms with van der Waals surface area (Å²) in [5, 5.41) is 0.320. The number of nitrogens with two attached hydrogens (primary N) is 1. The Kier molecular flexibility index (Phi) is 3.96. The number of hydrogen-bond acceptors (Lipinski definition) is 4. The van der Waals surface area contributed by atoms with Gasteiger partial charge in [-0.15, -0.1) is 0 Å². The van der Waals surface area contributed by atoms with E-state index in [1.807, 2.05) is 0 Å². The maximum Gasteiger partial charge on any atom is 0.400 e. The van der Waals surface area contributed by atoms with Gasteiger partial charge in [-0.2, -0.15) is 13.8 Å². The third-order valence-corrected chi connectivity index (χ3v) is 2.80. The first-order valence-corrected chi connectivity index (χ1v) is 6.03. The largest absolute Gasteiger partial charge is 0.400 e. The Labute approximate surface area is 121 Å². The summed E-state index contributed by atoms with van der Waals surface area (Å²) in [6.45, 7) is 0. The molecule has 19 heavy (non-hydrogen) atoms. The van der Waals surface area contributed by atoms with Gasteiger partial charge in [-0.25, -0.2) is 0 Å². The number of hydrogen-bond donors (Lipinski definition) is 1. The van der Waals surface area contributed by atoms with E-state index in [2.05, 4.69) is 14.7 Å². The van der Waals surface area contributed by atoms with Crippen LogP contribution in [-0.2, 0) is 5.38 Å². The van der Waals surface area contributed by atoms with E-state index in [0.29, 0.717) is 15.6 Å². The molecule has 2 rings (SSSR count). The van der Waals surface area contributed by atoms with E-state index in [-0.39, 0.29) is 5.82 Å². The summed E-state index contributed by atoms with van der Waals surface area (Å²) in [6, 6.07) is 3.64. The van der Waals surface area contributed by atoms with Crippen molar-refractivity contribution in [1.82, 2.24) is 10.1 Å². The molecule has 0 amide bonds. The van der Waals surface area contributed by atoms with Crippen LogP contribution in [0.2, 0.25) is 10.0 Å². The first-order valence-electron chi connectivity index (χ1n) is 4.90. The fourth-order valence-corrected chi connectivity index (χ4v) is 2.00. The maximum absolute atomic E-state index is 12.7.